The maximum atomic E-state index is 5.61. The largest absolute Gasteiger partial charge is 0.368 e. The fraction of sp³-hybridized carbons (Fsp3) is 0.333. The zero-order valence-corrected chi connectivity index (χ0v) is 6.02. The molecule has 1 aromatic heterocycles. The summed E-state index contributed by atoms with van der Waals surface area (Å²) in [6.45, 7) is 0.926. The van der Waals surface area contributed by atoms with E-state index in [0.29, 0.717) is 5.15 Å². The molecule has 1 aliphatic rings. The van der Waals surface area contributed by atoms with E-state index in [4.69, 9.17) is 11.6 Å². The van der Waals surface area contributed by atoms with Crippen LogP contribution in [0.3, 0.4) is 0 Å². The summed E-state index contributed by atoms with van der Waals surface area (Å²) in [5, 5.41) is 3.53. The molecule has 0 radical (unpaired) electrons. The zero-order chi connectivity index (χ0) is 6.97. The van der Waals surface area contributed by atoms with Crippen LogP contribution in [0.1, 0.15) is 5.69 Å². The molecule has 0 amide bonds. The third kappa shape index (κ3) is 0.827. The number of aromatic nitrogens is 2. The maximum Gasteiger partial charge on any atom is 0.149 e. The van der Waals surface area contributed by atoms with Gasteiger partial charge in [-0.2, -0.15) is 0 Å². The van der Waals surface area contributed by atoms with Crippen LogP contribution in [0, 0.1) is 0 Å². The lowest BCUT2D eigenvalue weighted by Gasteiger charge is -1.95. The quantitative estimate of drug-likeness (QED) is 0.610. The number of hydrogen-bond acceptors (Lipinski definition) is 3. The molecule has 10 heavy (non-hydrogen) atoms. The van der Waals surface area contributed by atoms with Gasteiger partial charge in [-0.25, -0.2) is 4.98 Å². The Morgan fingerprint density at radius 2 is 2.50 bits per heavy atom. The van der Waals surface area contributed by atoms with E-state index in [9.17, 15) is 0 Å². The van der Waals surface area contributed by atoms with Crippen molar-refractivity contribution in [2.45, 2.75) is 6.42 Å². The first kappa shape index (κ1) is 5.92. The van der Waals surface area contributed by atoms with Gasteiger partial charge in [-0.15, -0.1) is 0 Å². The van der Waals surface area contributed by atoms with Crippen molar-refractivity contribution < 1.29 is 0 Å². The molecule has 2 heterocycles. The minimum atomic E-state index is 0.452. The molecule has 0 saturated carbocycles. The zero-order valence-electron chi connectivity index (χ0n) is 5.26. The van der Waals surface area contributed by atoms with E-state index >= 15 is 0 Å². The Hall–Kier alpha value is -0.830. The first-order valence-electron chi connectivity index (χ1n) is 3.11. The number of rotatable bonds is 0. The predicted octanol–water partition coefficient (Wildman–Crippen LogP) is 1.10. The third-order valence-electron chi connectivity index (χ3n) is 1.47. The number of fused-ring (bicyclic) bond motifs is 1. The summed E-state index contributed by atoms with van der Waals surface area (Å²) in [7, 11) is 0. The van der Waals surface area contributed by atoms with Gasteiger partial charge in [-0.05, 0) is 0 Å². The van der Waals surface area contributed by atoms with E-state index in [-0.39, 0.29) is 0 Å². The Kier molecular flexibility index (Phi) is 1.24. The number of halogens is 1. The van der Waals surface area contributed by atoms with Gasteiger partial charge in [0.25, 0.3) is 0 Å². The molecule has 0 bridgehead atoms. The molecule has 4 heteroatoms. The minimum Gasteiger partial charge on any atom is -0.368 e. The topological polar surface area (TPSA) is 37.8 Å². The molecule has 0 fully saturated rings. The molecule has 0 atom stereocenters. The molecule has 1 aliphatic heterocycles. The smallest absolute Gasteiger partial charge is 0.149 e. The Morgan fingerprint density at radius 1 is 1.60 bits per heavy atom. The fourth-order valence-electron chi connectivity index (χ4n) is 1.02. The van der Waals surface area contributed by atoms with Crippen molar-refractivity contribution >= 4 is 17.4 Å². The van der Waals surface area contributed by atoms with Gasteiger partial charge in [0.2, 0.25) is 0 Å². The van der Waals surface area contributed by atoms with Crippen molar-refractivity contribution in [2.75, 3.05) is 11.9 Å². The molecule has 0 unspecified atom stereocenters. The Labute approximate surface area is 63.4 Å². The summed E-state index contributed by atoms with van der Waals surface area (Å²) in [5.74, 6) is 0.840. The van der Waals surface area contributed by atoms with Gasteiger partial charge in [0.05, 0.1) is 11.9 Å². The monoisotopic (exact) mass is 155 g/mol. The maximum absolute atomic E-state index is 5.61. The van der Waals surface area contributed by atoms with Crippen LogP contribution in [0.2, 0.25) is 5.15 Å². The molecular formula is C6H6ClN3. The van der Waals surface area contributed by atoms with Gasteiger partial charge in [-0.3, -0.25) is 4.98 Å². The standard InChI is InChI=1S/C6H6ClN3/c7-5-3-9-4-1-2-8-6(4)10-5/h3H,1-2H2,(H,8,10). The van der Waals surface area contributed by atoms with E-state index in [0.717, 1.165) is 24.5 Å². The van der Waals surface area contributed by atoms with Crippen molar-refractivity contribution in [3.05, 3.63) is 17.0 Å². The van der Waals surface area contributed by atoms with Crippen LogP contribution in [0.15, 0.2) is 6.20 Å². The highest BCUT2D eigenvalue weighted by atomic mass is 35.5. The molecule has 0 aliphatic carbocycles. The van der Waals surface area contributed by atoms with Crippen LogP contribution >= 0.6 is 11.6 Å². The first-order chi connectivity index (χ1) is 4.86. The highest BCUT2D eigenvalue weighted by Gasteiger charge is 2.11. The normalized spacial score (nSPS) is 14.5. The minimum absolute atomic E-state index is 0.452. The average molecular weight is 156 g/mol. The molecule has 0 aromatic carbocycles. The molecule has 0 saturated heterocycles. The van der Waals surface area contributed by atoms with Crippen molar-refractivity contribution in [3.63, 3.8) is 0 Å². The molecule has 1 N–H and O–H groups in total. The van der Waals surface area contributed by atoms with E-state index in [2.05, 4.69) is 15.3 Å². The summed E-state index contributed by atoms with van der Waals surface area (Å²) in [4.78, 5) is 8.15. The lowest BCUT2D eigenvalue weighted by molar-refractivity contribution is 1.04. The summed E-state index contributed by atoms with van der Waals surface area (Å²) in [5.41, 5.74) is 1.02. The summed E-state index contributed by atoms with van der Waals surface area (Å²) in [6.07, 6.45) is 2.53. The van der Waals surface area contributed by atoms with Gasteiger partial charge in [-0.1, -0.05) is 11.6 Å². The highest BCUT2D eigenvalue weighted by Crippen LogP contribution is 2.18. The molecule has 1 aromatic rings. The van der Waals surface area contributed by atoms with E-state index in [1.807, 2.05) is 0 Å². The summed E-state index contributed by atoms with van der Waals surface area (Å²) >= 11 is 5.61. The number of nitrogens with one attached hydrogen (secondary N) is 1. The van der Waals surface area contributed by atoms with E-state index in [1.54, 1.807) is 6.20 Å². The van der Waals surface area contributed by atoms with Crippen molar-refractivity contribution in [1.29, 1.82) is 0 Å². The highest BCUT2D eigenvalue weighted by molar-refractivity contribution is 6.29. The molecular weight excluding hydrogens is 150 g/mol. The SMILES string of the molecule is Clc1cnc2c(n1)NCC2. The Bertz CT molecular complexity index is 261. The Balaban J connectivity index is 2.52. The first-order valence-corrected chi connectivity index (χ1v) is 3.49. The molecule has 52 valence electrons. The third-order valence-corrected chi connectivity index (χ3v) is 1.66. The van der Waals surface area contributed by atoms with Gasteiger partial charge in [0.15, 0.2) is 0 Å². The van der Waals surface area contributed by atoms with E-state index in [1.165, 1.54) is 0 Å². The summed E-state index contributed by atoms with van der Waals surface area (Å²) < 4.78 is 0. The molecule has 3 nitrogen and oxygen atoms in total. The van der Waals surface area contributed by atoms with Crippen molar-refractivity contribution in [2.24, 2.45) is 0 Å². The van der Waals surface area contributed by atoms with Gasteiger partial charge in [0, 0.05) is 13.0 Å². The average Bonchev–Trinajstić information content (AvgIpc) is 2.33. The van der Waals surface area contributed by atoms with Crippen molar-refractivity contribution in [1.82, 2.24) is 9.97 Å². The predicted molar refractivity (Wildman–Crippen MR) is 39.2 cm³/mol. The van der Waals surface area contributed by atoms with Crippen LogP contribution in [-0.4, -0.2) is 16.5 Å². The van der Waals surface area contributed by atoms with Gasteiger partial charge in [0.1, 0.15) is 11.0 Å². The van der Waals surface area contributed by atoms with Crippen LogP contribution < -0.4 is 5.32 Å². The lowest BCUT2D eigenvalue weighted by atomic mass is 10.4. The van der Waals surface area contributed by atoms with Crippen LogP contribution in [0.5, 0.6) is 0 Å². The molecule has 0 spiro atoms. The summed E-state index contributed by atoms with van der Waals surface area (Å²) in [6, 6.07) is 0. The second kappa shape index (κ2) is 2.09. The lowest BCUT2D eigenvalue weighted by Crippen LogP contribution is -1.93. The van der Waals surface area contributed by atoms with Crippen LogP contribution in [0.4, 0.5) is 5.82 Å². The second-order valence-electron chi connectivity index (χ2n) is 2.16. The number of nitrogens with zero attached hydrogens (tertiary/aromatic N) is 2. The number of anilines is 1. The van der Waals surface area contributed by atoms with Gasteiger partial charge >= 0.3 is 0 Å². The van der Waals surface area contributed by atoms with Crippen LogP contribution in [-0.2, 0) is 6.42 Å². The fourth-order valence-corrected chi connectivity index (χ4v) is 1.15. The second-order valence-corrected chi connectivity index (χ2v) is 2.55. The van der Waals surface area contributed by atoms with Crippen LogP contribution in [0.25, 0.3) is 0 Å². The molecule has 2 rings (SSSR count). The van der Waals surface area contributed by atoms with E-state index < -0.39 is 0 Å². The number of hydrogen-bond donors (Lipinski definition) is 1. The Morgan fingerprint density at radius 3 is 3.40 bits per heavy atom. The van der Waals surface area contributed by atoms with Crippen molar-refractivity contribution in [3.8, 4) is 0 Å². The van der Waals surface area contributed by atoms with Gasteiger partial charge < -0.3 is 5.32 Å².